The average molecular weight is 296 g/mol. The first-order valence-electron chi connectivity index (χ1n) is 5.32. The molecule has 2 N–H and O–H groups in total. The van der Waals surface area contributed by atoms with Gasteiger partial charge in [0.05, 0.1) is 12.9 Å². The zero-order valence-electron chi connectivity index (χ0n) is 9.53. The molecule has 1 aliphatic rings. The van der Waals surface area contributed by atoms with Gasteiger partial charge in [0.2, 0.25) is 0 Å². The number of rotatable bonds is 3. The Morgan fingerprint density at radius 2 is 2.29 bits per heavy atom. The van der Waals surface area contributed by atoms with Crippen molar-refractivity contribution in [3.63, 3.8) is 0 Å². The van der Waals surface area contributed by atoms with E-state index in [1.54, 1.807) is 7.05 Å². The highest BCUT2D eigenvalue weighted by Gasteiger charge is 2.46. The number of nitrogens with one attached hydrogen (secondary N) is 2. The highest BCUT2D eigenvalue weighted by Crippen LogP contribution is 2.39. The van der Waals surface area contributed by atoms with E-state index in [-0.39, 0.29) is 0 Å². The van der Waals surface area contributed by atoms with Crippen LogP contribution in [0.2, 0.25) is 0 Å². The molecule has 1 unspecified atom stereocenters. The average Bonchev–Trinajstić information content (AvgIpc) is 2.26. The second kappa shape index (κ2) is 4.58. The third-order valence-corrected chi connectivity index (χ3v) is 3.52. The zero-order valence-corrected chi connectivity index (χ0v) is 11.1. The molecule has 1 aromatic rings. The number of ether oxygens (including phenoxy) is 1. The maximum absolute atomic E-state index is 8.14. The van der Waals surface area contributed by atoms with Crippen LogP contribution in [0.4, 0.5) is 0 Å². The molecule has 90 valence electrons. The van der Waals surface area contributed by atoms with Gasteiger partial charge >= 0.3 is 0 Å². The summed E-state index contributed by atoms with van der Waals surface area (Å²) in [5.41, 5.74) is 0.271. The quantitative estimate of drug-likeness (QED) is 0.665. The van der Waals surface area contributed by atoms with Crippen LogP contribution in [0.5, 0.6) is 0 Å². The minimum absolute atomic E-state index is 0.303. The summed E-state index contributed by atoms with van der Waals surface area (Å²) in [6.45, 7) is 0.654. The van der Waals surface area contributed by atoms with Crippen LogP contribution in [-0.4, -0.2) is 30.7 Å². The number of hydrogen-bond donors (Lipinski definition) is 2. The summed E-state index contributed by atoms with van der Waals surface area (Å²) in [7, 11) is 1.69. The highest BCUT2D eigenvalue weighted by atomic mass is 79.9. The van der Waals surface area contributed by atoms with Gasteiger partial charge in [0.15, 0.2) is 5.60 Å². The van der Waals surface area contributed by atoms with E-state index in [1.807, 2.05) is 24.3 Å². The van der Waals surface area contributed by atoms with E-state index in [2.05, 4.69) is 15.9 Å². The Morgan fingerprint density at radius 1 is 1.59 bits per heavy atom. The van der Waals surface area contributed by atoms with E-state index < -0.39 is 5.60 Å². The van der Waals surface area contributed by atoms with E-state index in [0.29, 0.717) is 12.4 Å². The smallest absolute Gasteiger partial charge is 0.152 e. The van der Waals surface area contributed by atoms with Gasteiger partial charge < -0.3 is 9.64 Å². The lowest BCUT2D eigenvalue weighted by atomic mass is 9.85. The van der Waals surface area contributed by atoms with Gasteiger partial charge in [0.1, 0.15) is 5.84 Å². The molecule has 0 amide bonds. The van der Waals surface area contributed by atoms with E-state index >= 15 is 0 Å². The fourth-order valence-corrected chi connectivity index (χ4v) is 2.35. The summed E-state index contributed by atoms with van der Waals surface area (Å²) >= 11 is 3.43. The van der Waals surface area contributed by atoms with Gasteiger partial charge in [-0.1, -0.05) is 28.1 Å². The normalized spacial score (nSPS) is 22.7. The molecule has 1 saturated heterocycles. The molecule has 0 saturated carbocycles. The van der Waals surface area contributed by atoms with Crippen molar-refractivity contribution in [2.24, 2.45) is 0 Å². The Hall–Kier alpha value is -1.20. The molecule has 1 fully saturated rings. The van der Waals surface area contributed by atoms with Crippen molar-refractivity contribution in [2.45, 2.75) is 12.0 Å². The molecular formula is C12H14BrN3O. The van der Waals surface area contributed by atoms with Gasteiger partial charge in [0.25, 0.3) is 0 Å². The molecule has 1 heterocycles. The fourth-order valence-electron chi connectivity index (χ4n) is 1.95. The van der Waals surface area contributed by atoms with Gasteiger partial charge in [-0.15, -0.1) is 0 Å². The van der Waals surface area contributed by atoms with Crippen LogP contribution in [0.3, 0.4) is 0 Å². The molecule has 5 heteroatoms. The van der Waals surface area contributed by atoms with Crippen LogP contribution in [0.25, 0.3) is 0 Å². The van der Waals surface area contributed by atoms with Crippen molar-refractivity contribution in [3.8, 4) is 0 Å². The second-order valence-electron chi connectivity index (χ2n) is 4.02. The molecule has 17 heavy (non-hydrogen) atoms. The SMILES string of the molecule is CN(C=N)C(=N)C1(c2cccc(Br)c2)CCO1. The predicted molar refractivity (Wildman–Crippen MR) is 70.7 cm³/mol. The number of likely N-dealkylation sites (N-methyl/N-ethyl adjacent to an activating group) is 1. The Kier molecular flexibility index (Phi) is 3.31. The fraction of sp³-hybridized carbons (Fsp3) is 0.333. The van der Waals surface area contributed by atoms with Crippen molar-refractivity contribution >= 4 is 28.1 Å². The zero-order chi connectivity index (χ0) is 12.5. The lowest BCUT2D eigenvalue weighted by molar-refractivity contribution is -0.107. The van der Waals surface area contributed by atoms with Crippen molar-refractivity contribution in [2.75, 3.05) is 13.7 Å². The third-order valence-electron chi connectivity index (χ3n) is 3.02. The van der Waals surface area contributed by atoms with Gasteiger partial charge in [-0.25, -0.2) is 0 Å². The van der Waals surface area contributed by atoms with Crippen LogP contribution in [-0.2, 0) is 10.3 Å². The van der Waals surface area contributed by atoms with Crippen molar-refractivity contribution in [3.05, 3.63) is 34.3 Å². The number of nitrogens with zero attached hydrogens (tertiary/aromatic N) is 1. The molecule has 0 aromatic heterocycles. The summed E-state index contributed by atoms with van der Waals surface area (Å²) in [6, 6.07) is 7.79. The molecule has 1 atom stereocenters. The Balaban J connectivity index is 2.38. The predicted octanol–water partition coefficient (Wildman–Crippen LogP) is 2.58. The summed E-state index contributed by atoms with van der Waals surface area (Å²) in [5.74, 6) is 0.303. The lowest BCUT2D eigenvalue weighted by Crippen LogP contribution is -2.53. The van der Waals surface area contributed by atoms with Gasteiger partial charge in [-0.2, -0.15) is 0 Å². The maximum Gasteiger partial charge on any atom is 0.152 e. The molecule has 4 nitrogen and oxygen atoms in total. The van der Waals surface area contributed by atoms with Crippen LogP contribution in [0.15, 0.2) is 28.7 Å². The first-order chi connectivity index (χ1) is 8.10. The number of halogens is 1. The Morgan fingerprint density at radius 3 is 2.76 bits per heavy atom. The Bertz CT molecular complexity index is 457. The summed E-state index contributed by atoms with van der Waals surface area (Å²) < 4.78 is 6.62. The van der Waals surface area contributed by atoms with E-state index in [4.69, 9.17) is 15.6 Å². The van der Waals surface area contributed by atoms with E-state index in [1.165, 1.54) is 4.90 Å². The first kappa shape index (κ1) is 12.3. The molecule has 1 aromatic carbocycles. The van der Waals surface area contributed by atoms with Gasteiger partial charge in [-0.05, 0) is 17.7 Å². The molecule has 0 radical (unpaired) electrons. The van der Waals surface area contributed by atoms with Crippen molar-refractivity contribution < 1.29 is 4.74 Å². The molecule has 2 rings (SSSR count). The number of benzene rings is 1. The van der Waals surface area contributed by atoms with Crippen LogP contribution >= 0.6 is 15.9 Å². The standard InChI is InChI=1S/C12H14BrN3O/c1-16(8-14)11(15)12(5-6-17-12)9-3-2-4-10(13)7-9/h2-4,7-8,14-15H,5-6H2,1H3. The van der Waals surface area contributed by atoms with Crippen molar-refractivity contribution in [1.82, 2.24) is 4.90 Å². The molecular weight excluding hydrogens is 282 g/mol. The first-order valence-corrected chi connectivity index (χ1v) is 6.12. The van der Waals surface area contributed by atoms with Crippen molar-refractivity contribution in [1.29, 1.82) is 10.8 Å². The lowest BCUT2D eigenvalue weighted by Gasteiger charge is -2.44. The molecule has 0 spiro atoms. The minimum Gasteiger partial charge on any atom is -0.362 e. The summed E-state index contributed by atoms with van der Waals surface area (Å²) in [4.78, 5) is 1.47. The van der Waals surface area contributed by atoms with E-state index in [9.17, 15) is 0 Å². The van der Waals surface area contributed by atoms with Crippen LogP contribution in [0.1, 0.15) is 12.0 Å². The largest absolute Gasteiger partial charge is 0.362 e. The molecule has 0 bridgehead atoms. The Labute approximate surface area is 109 Å². The maximum atomic E-state index is 8.14. The third kappa shape index (κ3) is 2.00. The molecule has 1 aliphatic heterocycles. The summed E-state index contributed by atoms with van der Waals surface area (Å²) in [5, 5.41) is 15.4. The topological polar surface area (TPSA) is 60.2 Å². The summed E-state index contributed by atoms with van der Waals surface area (Å²) in [6.07, 6.45) is 1.91. The minimum atomic E-state index is -0.684. The highest BCUT2D eigenvalue weighted by molar-refractivity contribution is 9.10. The number of amidine groups is 1. The van der Waals surface area contributed by atoms with Crippen LogP contribution < -0.4 is 0 Å². The van der Waals surface area contributed by atoms with Gasteiger partial charge in [0, 0.05) is 17.9 Å². The number of hydrogen-bond acceptors (Lipinski definition) is 3. The molecule has 0 aliphatic carbocycles. The van der Waals surface area contributed by atoms with E-state index in [0.717, 1.165) is 22.8 Å². The van der Waals surface area contributed by atoms with Crippen LogP contribution in [0, 0.1) is 10.8 Å². The second-order valence-corrected chi connectivity index (χ2v) is 4.94. The van der Waals surface area contributed by atoms with Gasteiger partial charge in [-0.3, -0.25) is 10.8 Å². The monoisotopic (exact) mass is 295 g/mol.